The summed E-state index contributed by atoms with van der Waals surface area (Å²) in [6.07, 6.45) is 5.77. The van der Waals surface area contributed by atoms with E-state index >= 15 is 0 Å². The molecule has 2 aromatic heterocycles. The molecule has 0 radical (unpaired) electrons. The largest absolute Gasteiger partial charge is 0.369 e. The van der Waals surface area contributed by atoms with Crippen LogP contribution in [-0.4, -0.2) is 26.7 Å². The Morgan fingerprint density at radius 1 is 1.25 bits per heavy atom. The minimum Gasteiger partial charge on any atom is -0.369 e. The van der Waals surface area contributed by atoms with Crippen LogP contribution in [0.1, 0.15) is 32.8 Å². The number of allylic oxidation sites excluding steroid dienone is 1. The maximum atomic E-state index is 13.2. The van der Waals surface area contributed by atoms with Crippen LogP contribution in [0.25, 0.3) is 22.3 Å². The van der Waals surface area contributed by atoms with Crippen molar-refractivity contribution in [3.63, 3.8) is 0 Å². The lowest BCUT2D eigenvalue weighted by molar-refractivity contribution is 0.566. The van der Waals surface area contributed by atoms with Gasteiger partial charge >= 0.3 is 0 Å². The van der Waals surface area contributed by atoms with Crippen molar-refractivity contribution in [1.82, 2.24) is 20.1 Å². The SMILES string of the molecule is CCC(NC(=C=O)c1cncc2c1cnn2-c1ccc(F)cc1)C(C)=C(C)Br. The molecule has 0 aliphatic heterocycles. The normalized spacial score (nSPS) is 13.0. The molecule has 28 heavy (non-hydrogen) atoms. The summed E-state index contributed by atoms with van der Waals surface area (Å²) in [5.74, 6) is 1.70. The predicted octanol–water partition coefficient (Wildman–Crippen LogP) is 4.79. The molecule has 2 heterocycles. The predicted molar refractivity (Wildman–Crippen MR) is 112 cm³/mol. The summed E-state index contributed by atoms with van der Waals surface area (Å²) >= 11 is 3.50. The molecule has 0 aliphatic carbocycles. The Morgan fingerprint density at radius 3 is 2.57 bits per heavy atom. The number of pyridine rings is 1. The van der Waals surface area contributed by atoms with Gasteiger partial charge in [-0.1, -0.05) is 22.9 Å². The summed E-state index contributed by atoms with van der Waals surface area (Å²) in [5.41, 5.74) is 3.49. The average Bonchev–Trinajstić information content (AvgIpc) is 3.13. The van der Waals surface area contributed by atoms with E-state index < -0.39 is 0 Å². The Labute approximate surface area is 171 Å². The van der Waals surface area contributed by atoms with Gasteiger partial charge in [-0.3, -0.25) is 4.98 Å². The first-order valence-electron chi connectivity index (χ1n) is 8.88. The highest BCUT2D eigenvalue weighted by Crippen LogP contribution is 2.25. The molecule has 5 nitrogen and oxygen atoms in total. The Hall–Kier alpha value is -2.76. The maximum Gasteiger partial charge on any atom is 0.150 e. The van der Waals surface area contributed by atoms with Crippen molar-refractivity contribution in [2.45, 2.75) is 33.2 Å². The van der Waals surface area contributed by atoms with E-state index in [1.807, 2.05) is 26.7 Å². The van der Waals surface area contributed by atoms with Crippen LogP contribution >= 0.6 is 15.9 Å². The van der Waals surface area contributed by atoms with Crippen LogP contribution in [-0.2, 0) is 4.79 Å². The number of fused-ring (bicyclic) bond motifs is 1. The zero-order valence-corrected chi connectivity index (χ0v) is 17.4. The Bertz CT molecular complexity index is 1080. The van der Waals surface area contributed by atoms with E-state index in [1.54, 1.807) is 35.4 Å². The lowest BCUT2D eigenvalue weighted by Crippen LogP contribution is -2.29. The fourth-order valence-electron chi connectivity index (χ4n) is 3.02. The summed E-state index contributed by atoms with van der Waals surface area (Å²) in [6, 6.07) is 6.02. The van der Waals surface area contributed by atoms with Gasteiger partial charge in [-0.25, -0.2) is 13.9 Å². The molecule has 1 unspecified atom stereocenters. The highest BCUT2D eigenvalue weighted by atomic mass is 79.9. The van der Waals surface area contributed by atoms with Crippen molar-refractivity contribution in [2.75, 3.05) is 0 Å². The molecule has 3 rings (SSSR count). The van der Waals surface area contributed by atoms with E-state index in [9.17, 15) is 9.18 Å². The Morgan fingerprint density at radius 2 is 1.96 bits per heavy atom. The minimum atomic E-state index is -0.314. The molecule has 0 bridgehead atoms. The molecule has 0 amide bonds. The number of hydrogen-bond acceptors (Lipinski definition) is 4. The molecule has 144 valence electrons. The molecule has 0 saturated carbocycles. The topological polar surface area (TPSA) is 59.8 Å². The standard InChI is InChI=1S/C21H20BrFN4O/c1-4-19(13(2)14(3)22)26-20(12-28)17-9-24-11-21-18(17)10-25-27(21)16-7-5-15(23)6-8-16/h5-11,19,26H,4H2,1-3H3. The number of nitrogens with zero attached hydrogens (tertiary/aromatic N) is 3. The van der Waals surface area contributed by atoms with Crippen molar-refractivity contribution in [2.24, 2.45) is 0 Å². The highest BCUT2D eigenvalue weighted by molar-refractivity contribution is 9.11. The second-order valence-electron chi connectivity index (χ2n) is 6.45. The van der Waals surface area contributed by atoms with Gasteiger partial charge in [0.1, 0.15) is 11.5 Å². The third-order valence-electron chi connectivity index (χ3n) is 4.73. The van der Waals surface area contributed by atoms with Crippen LogP contribution in [0.4, 0.5) is 4.39 Å². The van der Waals surface area contributed by atoms with Crippen molar-refractivity contribution >= 4 is 38.5 Å². The lowest BCUT2D eigenvalue weighted by atomic mass is 10.0. The lowest BCUT2D eigenvalue weighted by Gasteiger charge is -2.20. The molecule has 1 N–H and O–H groups in total. The first kappa shape index (κ1) is 20.0. The van der Waals surface area contributed by atoms with Crippen molar-refractivity contribution in [3.05, 3.63) is 64.3 Å². The second kappa shape index (κ2) is 8.50. The van der Waals surface area contributed by atoms with E-state index in [0.717, 1.165) is 27.4 Å². The number of nitrogens with one attached hydrogen (secondary N) is 1. The quantitative estimate of drug-likeness (QED) is 0.557. The van der Waals surface area contributed by atoms with E-state index in [-0.39, 0.29) is 11.9 Å². The summed E-state index contributed by atoms with van der Waals surface area (Å²) in [6.45, 7) is 6.03. The molecular weight excluding hydrogens is 423 g/mol. The fraction of sp³-hybridized carbons (Fsp3) is 0.238. The molecule has 3 aromatic rings. The molecule has 7 heteroatoms. The number of halogens is 2. The first-order chi connectivity index (χ1) is 13.5. The highest BCUT2D eigenvalue weighted by Gasteiger charge is 2.17. The van der Waals surface area contributed by atoms with Gasteiger partial charge in [-0.15, -0.1) is 0 Å². The van der Waals surface area contributed by atoms with Crippen LogP contribution in [0.3, 0.4) is 0 Å². The molecule has 0 aliphatic rings. The van der Waals surface area contributed by atoms with Crippen molar-refractivity contribution in [1.29, 1.82) is 0 Å². The molecular formula is C21H20BrFN4O. The average molecular weight is 443 g/mol. The number of rotatable bonds is 6. The molecule has 0 saturated heterocycles. The molecule has 1 aromatic carbocycles. The Kier molecular flexibility index (Phi) is 6.07. The van der Waals surface area contributed by atoms with Crippen LogP contribution < -0.4 is 5.32 Å². The number of benzene rings is 1. The number of carbonyl (C=O) groups excluding carboxylic acids is 1. The summed E-state index contributed by atoms with van der Waals surface area (Å²) in [4.78, 5) is 16.0. The summed E-state index contributed by atoms with van der Waals surface area (Å²) in [7, 11) is 0. The Balaban J connectivity index is 2.04. The first-order valence-corrected chi connectivity index (χ1v) is 9.68. The van der Waals surface area contributed by atoms with Gasteiger partial charge in [0.25, 0.3) is 0 Å². The van der Waals surface area contributed by atoms with Crippen LogP contribution in [0.5, 0.6) is 0 Å². The summed E-state index contributed by atoms with van der Waals surface area (Å²) < 4.78 is 15.9. The molecule has 1 atom stereocenters. The van der Waals surface area contributed by atoms with Crippen LogP contribution in [0.15, 0.2) is 52.9 Å². The van der Waals surface area contributed by atoms with Gasteiger partial charge in [0, 0.05) is 23.2 Å². The molecule has 0 spiro atoms. The van der Waals surface area contributed by atoms with Gasteiger partial charge in [0.15, 0.2) is 5.94 Å². The smallest absolute Gasteiger partial charge is 0.150 e. The van der Waals surface area contributed by atoms with E-state index in [0.29, 0.717) is 16.9 Å². The fourth-order valence-corrected chi connectivity index (χ4v) is 3.30. The summed E-state index contributed by atoms with van der Waals surface area (Å²) in [5, 5.41) is 8.44. The third kappa shape index (κ3) is 3.91. The van der Waals surface area contributed by atoms with E-state index in [1.165, 1.54) is 12.1 Å². The van der Waals surface area contributed by atoms with Crippen LogP contribution in [0, 0.1) is 5.82 Å². The van der Waals surface area contributed by atoms with Gasteiger partial charge in [0.05, 0.1) is 23.6 Å². The van der Waals surface area contributed by atoms with Gasteiger partial charge < -0.3 is 5.32 Å². The van der Waals surface area contributed by atoms with Crippen molar-refractivity contribution < 1.29 is 9.18 Å². The molecule has 0 fully saturated rings. The van der Waals surface area contributed by atoms with Gasteiger partial charge in [0.2, 0.25) is 0 Å². The van der Waals surface area contributed by atoms with Crippen molar-refractivity contribution in [3.8, 4) is 5.69 Å². The monoisotopic (exact) mass is 442 g/mol. The minimum absolute atomic E-state index is 0.0155. The third-order valence-corrected chi connectivity index (χ3v) is 5.36. The van der Waals surface area contributed by atoms with Gasteiger partial charge in [-0.05, 0) is 54.6 Å². The number of hydrogen-bond donors (Lipinski definition) is 1. The second-order valence-corrected chi connectivity index (χ2v) is 7.64. The maximum absolute atomic E-state index is 13.2. The number of aromatic nitrogens is 3. The van der Waals surface area contributed by atoms with Gasteiger partial charge in [-0.2, -0.15) is 5.10 Å². The van der Waals surface area contributed by atoms with E-state index in [2.05, 4.69) is 31.3 Å². The zero-order valence-electron chi connectivity index (χ0n) is 15.8. The van der Waals surface area contributed by atoms with Crippen LogP contribution in [0.2, 0.25) is 0 Å². The zero-order chi connectivity index (χ0) is 20.3. The van der Waals surface area contributed by atoms with E-state index in [4.69, 9.17) is 0 Å².